The molecule has 190 valence electrons. The third-order valence-electron chi connectivity index (χ3n) is 7.27. The van der Waals surface area contributed by atoms with Crippen molar-refractivity contribution in [2.75, 3.05) is 11.9 Å². The van der Waals surface area contributed by atoms with E-state index in [1.165, 1.54) is 52.8 Å². The summed E-state index contributed by atoms with van der Waals surface area (Å²) < 4.78 is 0. The van der Waals surface area contributed by atoms with E-state index in [1.54, 1.807) is 0 Å². The van der Waals surface area contributed by atoms with Gasteiger partial charge >= 0.3 is 0 Å². The first kappa shape index (κ1) is 25.0. The van der Waals surface area contributed by atoms with Crippen molar-refractivity contribution < 1.29 is 5.11 Å². The zero-order chi connectivity index (χ0) is 25.6. The highest BCUT2D eigenvalue weighted by Gasteiger charge is 2.18. The van der Waals surface area contributed by atoms with E-state index in [0.717, 1.165) is 42.0 Å². The summed E-state index contributed by atoms with van der Waals surface area (Å²) >= 11 is 0. The minimum atomic E-state index is -0.313. The summed E-state index contributed by atoms with van der Waals surface area (Å²) in [5.74, 6) is 0. The molecule has 4 heteroatoms. The van der Waals surface area contributed by atoms with Gasteiger partial charge in [0, 0.05) is 29.6 Å². The van der Waals surface area contributed by atoms with Crippen molar-refractivity contribution in [1.29, 1.82) is 0 Å². The van der Waals surface area contributed by atoms with Crippen LogP contribution in [0.2, 0.25) is 0 Å². The Kier molecular flexibility index (Phi) is 7.86. The Morgan fingerprint density at radius 3 is 2.38 bits per heavy atom. The van der Waals surface area contributed by atoms with E-state index in [2.05, 4.69) is 90.4 Å². The second-order valence-corrected chi connectivity index (χ2v) is 10.1. The zero-order valence-corrected chi connectivity index (χ0v) is 21.9. The molecule has 0 aromatic heterocycles. The fourth-order valence-corrected chi connectivity index (χ4v) is 5.08. The van der Waals surface area contributed by atoms with Crippen molar-refractivity contribution in [3.8, 4) is 0 Å². The largest absolute Gasteiger partial charge is 0.393 e. The number of nitrogens with one attached hydrogen (secondary N) is 2. The second kappa shape index (κ2) is 11.6. The second-order valence-electron chi connectivity index (χ2n) is 10.1. The lowest BCUT2D eigenvalue weighted by molar-refractivity contribution is 0.195. The first-order valence-electron chi connectivity index (χ1n) is 13.5. The maximum Gasteiger partial charge on any atom is 0.0939 e. The summed E-state index contributed by atoms with van der Waals surface area (Å²) in [5.41, 5.74) is 12.2. The van der Waals surface area contributed by atoms with Crippen LogP contribution in [0.15, 0.2) is 89.1 Å². The van der Waals surface area contributed by atoms with Crippen LogP contribution in [0.25, 0.3) is 11.4 Å². The maximum absolute atomic E-state index is 9.66. The first-order valence-corrected chi connectivity index (χ1v) is 13.5. The molecule has 1 aliphatic carbocycles. The van der Waals surface area contributed by atoms with Gasteiger partial charge in [-0.2, -0.15) is 0 Å². The highest BCUT2D eigenvalue weighted by atomic mass is 16.3. The molecule has 3 aromatic carbocycles. The van der Waals surface area contributed by atoms with E-state index in [-0.39, 0.29) is 6.10 Å². The van der Waals surface area contributed by atoms with E-state index in [1.807, 2.05) is 13.1 Å². The molecule has 1 fully saturated rings. The Bertz CT molecular complexity index is 1310. The number of aliphatic hydroxyl groups is 1. The van der Waals surface area contributed by atoms with Crippen LogP contribution in [-0.2, 0) is 19.3 Å². The average molecular weight is 492 g/mol. The molecule has 1 heterocycles. The topological polar surface area (TPSA) is 56.6 Å². The molecule has 1 saturated carbocycles. The molecule has 0 amide bonds. The third kappa shape index (κ3) is 6.03. The van der Waals surface area contributed by atoms with Crippen LogP contribution in [0.5, 0.6) is 0 Å². The maximum atomic E-state index is 9.66. The van der Waals surface area contributed by atoms with Gasteiger partial charge < -0.3 is 15.7 Å². The average Bonchev–Trinajstić information content (AvgIpc) is 2.89. The van der Waals surface area contributed by atoms with Crippen LogP contribution in [0.4, 0.5) is 5.69 Å². The van der Waals surface area contributed by atoms with Crippen LogP contribution in [-0.4, -0.2) is 24.0 Å². The summed E-state index contributed by atoms with van der Waals surface area (Å²) in [6, 6.07) is 25.9. The minimum absolute atomic E-state index is 0.313. The molecule has 1 atom stereocenters. The monoisotopic (exact) mass is 491 g/mol. The molecule has 0 radical (unpaired) electrons. The molecular weight excluding hydrogens is 454 g/mol. The Balaban J connectivity index is 1.36. The van der Waals surface area contributed by atoms with Gasteiger partial charge in [0.1, 0.15) is 0 Å². The van der Waals surface area contributed by atoms with Gasteiger partial charge in [-0.3, -0.25) is 4.99 Å². The number of aliphatic hydroxyl groups excluding tert-OH is 1. The number of nitrogens with zero attached hydrogens (tertiary/aromatic N) is 1. The van der Waals surface area contributed by atoms with Gasteiger partial charge in [-0.1, -0.05) is 73.2 Å². The molecule has 2 aliphatic rings. The normalized spacial score (nSPS) is 15.7. The van der Waals surface area contributed by atoms with E-state index >= 15 is 0 Å². The van der Waals surface area contributed by atoms with Crippen molar-refractivity contribution in [2.45, 2.75) is 58.5 Å². The lowest BCUT2D eigenvalue weighted by Crippen LogP contribution is -2.20. The number of hydrogen-bond acceptors (Lipinski definition) is 4. The lowest BCUT2D eigenvalue weighted by atomic mass is 9.88. The Hall–Kier alpha value is -3.63. The van der Waals surface area contributed by atoms with Gasteiger partial charge in [-0.15, -0.1) is 0 Å². The SMILES string of the molecule is CCc1ccccc1C1=C(c2ccc(NC(Cc3ccc(CC(C)O)cc3)=C3CCC3)cc2)NCC=N1. The summed E-state index contributed by atoms with van der Waals surface area (Å²) in [6.07, 6.45) is 7.83. The Morgan fingerprint density at radius 1 is 0.973 bits per heavy atom. The summed E-state index contributed by atoms with van der Waals surface area (Å²) in [5, 5.41) is 17.0. The van der Waals surface area contributed by atoms with Gasteiger partial charge in [-0.25, -0.2) is 0 Å². The third-order valence-corrected chi connectivity index (χ3v) is 7.27. The number of benzene rings is 3. The van der Waals surface area contributed by atoms with Crippen LogP contribution in [0, 0.1) is 0 Å². The standard InChI is InChI=1S/C33H37N3O/c1-3-26-7-4-5-10-30(26)33-32(34-19-20-35-33)28-15-17-29(18-16-28)36-31(27-8-6-9-27)22-25-13-11-24(12-14-25)21-23(2)37/h4-5,7,10-18,20,23,34,36-37H,3,6,8-9,19,21-22H2,1-2H3. The Labute approximate surface area is 220 Å². The van der Waals surface area contributed by atoms with E-state index in [0.29, 0.717) is 6.42 Å². The van der Waals surface area contributed by atoms with Gasteiger partial charge in [0.05, 0.1) is 24.0 Å². The minimum Gasteiger partial charge on any atom is -0.393 e. The molecule has 1 unspecified atom stereocenters. The molecule has 5 rings (SSSR count). The van der Waals surface area contributed by atoms with Crippen LogP contribution in [0.3, 0.4) is 0 Å². The highest BCUT2D eigenvalue weighted by Crippen LogP contribution is 2.33. The van der Waals surface area contributed by atoms with Crippen molar-refractivity contribution in [3.05, 3.63) is 112 Å². The first-order chi connectivity index (χ1) is 18.1. The van der Waals surface area contributed by atoms with Crippen molar-refractivity contribution in [1.82, 2.24) is 5.32 Å². The molecule has 0 saturated heterocycles. The number of hydrogen-bond donors (Lipinski definition) is 3. The summed E-state index contributed by atoms with van der Waals surface area (Å²) in [7, 11) is 0. The quantitative estimate of drug-likeness (QED) is 0.310. The van der Waals surface area contributed by atoms with Crippen molar-refractivity contribution in [3.63, 3.8) is 0 Å². The number of rotatable bonds is 9. The fraction of sp³-hybridized carbons (Fsp3) is 0.303. The van der Waals surface area contributed by atoms with E-state index in [9.17, 15) is 5.11 Å². The van der Waals surface area contributed by atoms with Crippen molar-refractivity contribution in [2.24, 2.45) is 4.99 Å². The number of aryl methyl sites for hydroxylation is 1. The molecule has 3 N–H and O–H groups in total. The van der Waals surface area contributed by atoms with Crippen LogP contribution in [0.1, 0.15) is 60.9 Å². The highest BCUT2D eigenvalue weighted by molar-refractivity contribution is 5.96. The number of allylic oxidation sites excluding steroid dienone is 2. The predicted molar refractivity (Wildman–Crippen MR) is 156 cm³/mol. The molecule has 4 nitrogen and oxygen atoms in total. The molecule has 1 aliphatic heterocycles. The van der Waals surface area contributed by atoms with Crippen LogP contribution < -0.4 is 10.6 Å². The smallest absolute Gasteiger partial charge is 0.0939 e. The molecule has 37 heavy (non-hydrogen) atoms. The fourth-order valence-electron chi connectivity index (χ4n) is 5.08. The van der Waals surface area contributed by atoms with Gasteiger partial charge in [0.2, 0.25) is 0 Å². The molecular formula is C33H37N3O. The summed E-state index contributed by atoms with van der Waals surface area (Å²) in [6.45, 7) is 4.76. The predicted octanol–water partition coefficient (Wildman–Crippen LogP) is 6.76. The molecule has 0 bridgehead atoms. The van der Waals surface area contributed by atoms with Crippen LogP contribution >= 0.6 is 0 Å². The van der Waals surface area contributed by atoms with Gasteiger partial charge in [0.15, 0.2) is 0 Å². The van der Waals surface area contributed by atoms with Gasteiger partial charge in [0.25, 0.3) is 0 Å². The Morgan fingerprint density at radius 2 is 1.70 bits per heavy atom. The summed E-state index contributed by atoms with van der Waals surface area (Å²) in [4.78, 5) is 4.80. The zero-order valence-electron chi connectivity index (χ0n) is 21.9. The molecule has 0 spiro atoms. The van der Waals surface area contributed by atoms with Gasteiger partial charge in [-0.05, 0) is 73.4 Å². The number of aliphatic imine (C=N–C) groups is 1. The van der Waals surface area contributed by atoms with Crippen molar-refractivity contribution >= 4 is 23.3 Å². The number of anilines is 1. The molecule has 3 aromatic rings. The van der Waals surface area contributed by atoms with E-state index in [4.69, 9.17) is 4.99 Å². The van der Waals surface area contributed by atoms with E-state index < -0.39 is 0 Å². The lowest BCUT2D eigenvalue weighted by Gasteiger charge is -2.24.